The quantitative estimate of drug-likeness (QED) is 0.741. The molecule has 0 saturated heterocycles. The van der Waals surface area contributed by atoms with Crippen LogP contribution in [0.15, 0.2) is 12.4 Å². The number of methoxy groups -OCH3 is 1. The average Bonchev–Trinajstić information content (AvgIpc) is 2.64. The Morgan fingerprint density at radius 1 is 1.65 bits per heavy atom. The summed E-state index contributed by atoms with van der Waals surface area (Å²) in [6, 6.07) is 0. The lowest BCUT2D eigenvalue weighted by Gasteiger charge is -2.09. The molecular weight excluding hydrogens is 226 g/mol. The topological polar surface area (TPSA) is 93.5 Å². The van der Waals surface area contributed by atoms with Crippen LogP contribution in [0, 0.1) is 5.92 Å². The number of carbonyl (C=O) groups excluding carboxylic acids is 1. The second-order valence-corrected chi connectivity index (χ2v) is 3.67. The molecular formula is C10H15N3O4. The number of carboxylic acid groups (broad SMARTS) is 1. The van der Waals surface area contributed by atoms with E-state index in [-0.39, 0.29) is 18.4 Å². The summed E-state index contributed by atoms with van der Waals surface area (Å²) in [5.74, 6) is -1.46. The Morgan fingerprint density at radius 3 is 2.94 bits per heavy atom. The molecule has 94 valence electrons. The van der Waals surface area contributed by atoms with Gasteiger partial charge >= 0.3 is 5.97 Å². The van der Waals surface area contributed by atoms with E-state index in [1.165, 1.54) is 24.2 Å². The highest BCUT2D eigenvalue weighted by atomic mass is 16.5. The molecule has 0 aliphatic rings. The van der Waals surface area contributed by atoms with Crippen LogP contribution in [0.1, 0.15) is 6.92 Å². The van der Waals surface area contributed by atoms with Crippen molar-refractivity contribution >= 4 is 17.6 Å². The van der Waals surface area contributed by atoms with Crippen molar-refractivity contribution in [2.75, 3.05) is 19.0 Å². The van der Waals surface area contributed by atoms with Crippen molar-refractivity contribution < 1.29 is 19.4 Å². The zero-order valence-electron chi connectivity index (χ0n) is 9.71. The minimum absolute atomic E-state index is 0.193. The lowest BCUT2D eigenvalue weighted by Crippen LogP contribution is -2.23. The van der Waals surface area contributed by atoms with Crippen molar-refractivity contribution in [2.45, 2.75) is 13.5 Å². The Balaban J connectivity index is 2.54. The van der Waals surface area contributed by atoms with E-state index < -0.39 is 5.97 Å². The first-order valence-electron chi connectivity index (χ1n) is 5.07. The van der Waals surface area contributed by atoms with Crippen molar-refractivity contribution in [3.8, 4) is 0 Å². The number of aliphatic carboxylic acids is 1. The largest absolute Gasteiger partial charge is 0.480 e. The molecule has 1 unspecified atom stereocenters. The van der Waals surface area contributed by atoms with Gasteiger partial charge in [0.2, 0.25) is 5.91 Å². The number of ether oxygens (including phenoxy) is 1. The summed E-state index contributed by atoms with van der Waals surface area (Å²) < 4.78 is 6.10. The fourth-order valence-corrected chi connectivity index (χ4v) is 1.24. The average molecular weight is 241 g/mol. The minimum Gasteiger partial charge on any atom is -0.480 e. The molecule has 0 aliphatic carbocycles. The van der Waals surface area contributed by atoms with Crippen molar-refractivity contribution in [1.82, 2.24) is 9.78 Å². The van der Waals surface area contributed by atoms with Crippen molar-refractivity contribution in [1.29, 1.82) is 0 Å². The van der Waals surface area contributed by atoms with Gasteiger partial charge in [-0.05, 0) is 0 Å². The molecule has 1 amide bonds. The molecule has 1 atom stereocenters. The molecule has 17 heavy (non-hydrogen) atoms. The Labute approximate surface area is 98.4 Å². The molecule has 1 heterocycles. The molecule has 7 heteroatoms. The molecule has 0 saturated carbocycles. The standard InChI is InChI=1S/C10H15N3O4/c1-7(6-17-2)10(16)12-8-3-11-13(4-8)5-9(14)15/h3-4,7H,5-6H2,1-2H3,(H,12,16)(H,14,15). The van der Waals surface area contributed by atoms with Crippen LogP contribution >= 0.6 is 0 Å². The smallest absolute Gasteiger partial charge is 0.325 e. The predicted octanol–water partition coefficient (Wildman–Crippen LogP) is 0.189. The minimum atomic E-state index is -0.987. The molecule has 0 aromatic carbocycles. The summed E-state index contributed by atoms with van der Waals surface area (Å²) in [4.78, 5) is 22.0. The van der Waals surface area contributed by atoms with Crippen LogP contribution in [0.25, 0.3) is 0 Å². The number of amides is 1. The van der Waals surface area contributed by atoms with E-state index in [0.29, 0.717) is 12.3 Å². The van der Waals surface area contributed by atoms with Gasteiger partial charge in [-0.15, -0.1) is 0 Å². The van der Waals surface area contributed by atoms with E-state index in [1.54, 1.807) is 6.92 Å². The van der Waals surface area contributed by atoms with Gasteiger partial charge in [0.25, 0.3) is 0 Å². The highest BCUT2D eigenvalue weighted by Crippen LogP contribution is 2.07. The normalized spacial score (nSPS) is 12.1. The summed E-state index contributed by atoms with van der Waals surface area (Å²) in [6.45, 7) is 1.83. The molecule has 0 fully saturated rings. The van der Waals surface area contributed by atoms with Gasteiger partial charge in [-0.25, -0.2) is 0 Å². The number of rotatable bonds is 6. The maximum Gasteiger partial charge on any atom is 0.325 e. The fourth-order valence-electron chi connectivity index (χ4n) is 1.24. The van der Waals surface area contributed by atoms with Crippen LogP contribution in [0.4, 0.5) is 5.69 Å². The van der Waals surface area contributed by atoms with E-state index in [1.807, 2.05) is 0 Å². The zero-order chi connectivity index (χ0) is 12.8. The number of carbonyl (C=O) groups is 2. The van der Waals surface area contributed by atoms with Crippen LogP contribution in [0.2, 0.25) is 0 Å². The molecule has 0 radical (unpaired) electrons. The number of hydrogen-bond acceptors (Lipinski definition) is 4. The van der Waals surface area contributed by atoms with Gasteiger partial charge in [-0.3, -0.25) is 14.3 Å². The van der Waals surface area contributed by atoms with E-state index in [2.05, 4.69) is 10.4 Å². The first-order valence-corrected chi connectivity index (χ1v) is 5.07. The molecule has 0 bridgehead atoms. The van der Waals surface area contributed by atoms with E-state index in [4.69, 9.17) is 9.84 Å². The predicted molar refractivity (Wildman–Crippen MR) is 59.5 cm³/mol. The zero-order valence-corrected chi connectivity index (χ0v) is 9.71. The van der Waals surface area contributed by atoms with E-state index in [0.717, 1.165) is 0 Å². The Morgan fingerprint density at radius 2 is 2.35 bits per heavy atom. The third-order valence-electron chi connectivity index (χ3n) is 2.06. The van der Waals surface area contributed by atoms with Crippen LogP contribution in [-0.2, 0) is 20.9 Å². The summed E-state index contributed by atoms with van der Waals surface area (Å²) in [5.41, 5.74) is 0.471. The van der Waals surface area contributed by atoms with Crippen LogP contribution in [0.5, 0.6) is 0 Å². The Kier molecular flexibility index (Phi) is 4.65. The number of anilines is 1. The highest BCUT2D eigenvalue weighted by molar-refractivity contribution is 5.92. The van der Waals surface area contributed by atoms with Gasteiger partial charge in [0.15, 0.2) is 0 Å². The first kappa shape index (κ1) is 13.2. The second-order valence-electron chi connectivity index (χ2n) is 3.67. The third kappa shape index (κ3) is 4.23. The van der Waals surface area contributed by atoms with Crippen LogP contribution in [0.3, 0.4) is 0 Å². The molecule has 7 nitrogen and oxygen atoms in total. The molecule has 1 aromatic heterocycles. The highest BCUT2D eigenvalue weighted by Gasteiger charge is 2.13. The molecule has 0 spiro atoms. The van der Waals surface area contributed by atoms with Crippen molar-refractivity contribution in [2.24, 2.45) is 5.92 Å². The van der Waals surface area contributed by atoms with Gasteiger partial charge < -0.3 is 15.2 Å². The SMILES string of the molecule is COCC(C)C(=O)Nc1cnn(CC(=O)O)c1. The van der Waals surface area contributed by atoms with Crippen molar-refractivity contribution in [3.63, 3.8) is 0 Å². The third-order valence-corrected chi connectivity index (χ3v) is 2.06. The fraction of sp³-hybridized carbons (Fsp3) is 0.500. The van der Waals surface area contributed by atoms with Gasteiger partial charge in [0, 0.05) is 13.3 Å². The summed E-state index contributed by atoms with van der Waals surface area (Å²) >= 11 is 0. The summed E-state index contributed by atoms with van der Waals surface area (Å²) in [6.07, 6.45) is 2.87. The maximum atomic E-state index is 11.6. The Hall–Kier alpha value is -1.89. The number of nitrogens with zero attached hydrogens (tertiary/aromatic N) is 2. The van der Waals surface area contributed by atoms with Crippen LogP contribution < -0.4 is 5.32 Å². The number of nitrogens with one attached hydrogen (secondary N) is 1. The Bertz CT molecular complexity index is 402. The lowest BCUT2D eigenvalue weighted by molar-refractivity contribution is -0.137. The molecule has 0 aliphatic heterocycles. The monoisotopic (exact) mass is 241 g/mol. The maximum absolute atomic E-state index is 11.6. The first-order chi connectivity index (χ1) is 8.02. The number of aromatic nitrogens is 2. The van der Waals surface area contributed by atoms with E-state index >= 15 is 0 Å². The number of hydrogen-bond donors (Lipinski definition) is 2. The van der Waals surface area contributed by atoms with Crippen molar-refractivity contribution in [3.05, 3.63) is 12.4 Å². The van der Waals surface area contributed by atoms with E-state index in [9.17, 15) is 9.59 Å². The molecule has 2 N–H and O–H groups in total. The van der Waals surface area contributed by atoms with Gasteiger partial charge in [0.05, 0.1) is 24.4 Å². The second kappa shape index (κ2) is 6.00. The number of carboxylic acids is 1. The van der Waals surface area contributed by atoms with Gasteiger partial charge in [0.1, 0.15) is 6.54 Å². The lowest BCUT2D eigenvalue weighted by atomic mass is 10.2. The molecule has 1 aromatic rings. The summed E-state index contributed by atoms with van der Waals surface area (Å²) in [5, 5.41) is 15.0. The van der Waals surface area contributed by atoms with Crippen LogP contribution in [-0.4, -0.2) is 40.5 Å². The summed E-state index contributed by atoms with van der Waals surface area (Å²) in [7, 11) is 1.52. The van der Waals surface area contributed by atoms with Gasteiger partial charge in [-0.1, -0.05) is 6.92 Å². The van der Waals surface area contributed by atoms with Gasteiger partial charge in [-0.2, -0.15) is 5.10 Å². The molecule has 1 rings (SSSR count).